The van der Waals surface area contributed by atoms with E-state index in [0.717, 1.165) is 10.6 Å². The molecular weight excluding hydrogens is 343 g/mol. The van der Waals surface area contributed by atoms with Crippen LogP contribution in [0.25, 0.3) is 10.6 Å². The molecule has 7 heteroatoms. The Kier molecular flexibility index (Phi) is 6.64. The number of rotatable bonds is 7. The summed E-state index contributed by atoms with van der Waals surface area (Å²) in [7, 11) is 1.30. The van der Waals surface area contributed by atoms with Gasteiger partial charge in [0, 0.05) is 10.9 Å². The van der Waals surface area contributed by atoms with E-state index in [9.17, 15) is 14.0 Å². The molecule has 0 saturated carbocycles. The topological polar surface area (TPSA) is 68.3 Å². The fraction of sp³-hybridized carbons (Fsp3) is 0.389. The molecule has 0 fully saturated rings. The molecule has 0 aliphatic carbocycles. The van der Waals surface area contributed by atoms with E-state index in [4.69, 9.17) is 4.74 Å². The highest BCUT2D eigenvalue weighted by Crippen LogP contribution is 2.24. The van der Waals surface area contributed by atoms with Gasteiger partial charge in [-0.25, -0.2) is 14.2 Å². The zero-order chi connectivity index (χ0) is 18.4. The van der Waals surface area contributed by atoms with Gasteiger partial charge in [0.2, 0.25) is 5.91 Å². The smallest absolute Gasteiger partial charge is 0.328 e. The summed E-state index contributed by atoms with van der Waals surface area (Å²) in [6, 6.07) is 5.38. The van der Waals surface area contributed by atoms with Crippen molar-refractivity contribution in [3.8, 4) is 10.6 Å². The maximum atomic E-state index is 13.0. The minimum Gasteiger partial charge on any atom is -0.467 e. The molecule has 0 spiro atoms. The first-order chi connectivity index (χ1) is 11.9. The number of halogens is 1. The number of ether oxygens (including phenoxy) is 1. The molecule has 134 valence electrons. The van der Waals surface area contributed by atoms with Crippen LogP contribution in [0.5, 0.6) is 0 Å². The van der Waals surface area contributed by atoms with Crippen molar-refractivity contribution in [2.24, 2.45) is 5.92 Å². The summed E-state index contributed by atoms with van der Waals surface area (Å²) >= 11 is 1.39. The minimum atomic E-state index is -0.660. The number of esters is 1. The summed E-state index contributed by atoms with van der Waals surface area (Å²) in [6.07, 6.45) is 0.583. The molecule has 2 aromatic rings. The second kappa shape index (κ2) is 8.71. The molecule has 2 rings (SSSR count). The Labute approximate surface area is 150 Å². The first-order valence-electron chi connectivity index (χ1n) is 7.96. The van der Waals surface area contributed by atoms with Gasteiger partial charge in [-0.15, -0.1) is 11.3 Å². The lowest BCUT2D eigenvalue weighted by molar-refractivity contribution is -0.145. The number of nitrogens with one attached hydrogen (secondary N) is 1. The third-order valence-electron chi connectivity index (χ3n) is 3.51. The van der Waals surface area contributed by atoms with Crippen molar-refractivity contribution in [3.63, 3.8) is 0 Å². The van der Waals surface area contributed by atoms with Gasteiger partial charge in [0.05, 0.1) is 19.2 Å². The predicted molar refractivity (Wildman–Crippen MR) is 94.6 cm³/mol. The Balaban J connectivity index is 2.00. The van der Waals surface area contributed by atoms with Gasteiger partial charge in [0.1, 0.15) is 16.9 Å². The third kappa shape index (κ3) is 5.63. The average Bonchev–Trinajstić information content (AvgIpc) is 3.02. The Morgan fingerprint density at radius 2 is 1.96 bits per heavy atom. The molecule has 1 unspecified atom stereocenters. The molecule has 1 atom stereocenters. The fourth-order valence-electron chi connectivity index (χ4n) is 2.35. The van der Waals surface area contributed by atoms with E-state index in [2.05, 4.69) is 10.3 Å². The molecule has 5 nitrogen and oxygen atoms in total. The van der Waals surface area contributed by atoms with Crippen LogP contribution in [-0.4, -0.2) is 30.0 Å². The molecule has 0 bridgehead atoms. The minimum absolute atomic E-state index is 0.0727. The summed E-state index contributed by atoms with van der Waals surface area (Å²) in [6.45, 7) is 3.94. The molecule has 0 aliphatic heterocycles. The van der Waals surface area contributed by atoms with Crippen LogP contribution in [-0.2, 0) is 20.7 Å². The molecular formula is C18H21FN2O3S. The van der Waals surface area contributed by atoms with Crippen LogP contribution in [0, 0.1) is 11.7 Å². The second-order valence-electron chi connectivity index (χ2n) is 6.10. The van der Waals surface area contributed by atoms with E-state index in [1.807, 2.05) is 13.8 Å². The van der Waals surface area contributed by atoms with Crippen LogP contribution in [0.4, 0.5) is 4.39 Å². The first-order valence-corrected chi connectivity index (χ1v) is 8.84. The number of aromatic nitrogens is 1. The lowest BCUT2D eigenvalue weighted by Crippen LogP contribution is -2.43. The number of nitrogens with zero attached hydrogens (tertiary/aromatic N) is 1. The Morgan fingerprint density at radius 1 is 1.28 bits per heavy atom. The molecule has 0 saturated heterocycles. The maximum absolute atomic E-state index is 13.0. The fourth-order valence-corrected chi connectivity index (χ4v) is 3.18. The average molecular weight is 364 g/mol. The zero-order valence-corrected chi connectivity index (χ0v) is 15.2. The van der Waals surface area contributed by atoms with E-state index in [1.54, 1.807) is 17.5 Å². The standard InChI is InChI=1S/C18H21FN2O3S/c1-11(2)8-15(18(23)24-3)21-16(22)9-14-10-25-17(20-14)12-4-6-13(19)7-5-12/h4-7,10-11,15H,8-9H2,1-3H3,(H,21,22). The Hall–Kier alpha value is -2.28. The van der Waals surface area contributed by atoms with Crippen LogP contribution in [0.3, 0.4) is 0 Å². The van der Waals surface area contributed by atoms with Gasteiger partial charge in [-0.3, -0.25) is 4.79 Å². The maximum Gasteiger partial charge on any atom is 0.328 e. The van der Waals surface area contributed by atoms with Crippen LogP contribution in [0.15, 0.2) is 29.6 Å². The monoisotopic (exact) mass is 364 g/mol. The van der Waals surface area contributed by atoms with Crippen molar-refractivity contribution >= 4 is 23.2 Å². The van der Waals surface area contributed by atoms with Crippen molar-refractivity contribution in [3.05, 3.63) is 41.2 Å². The van der Waals surface area contributed by atoms with Gasteiger partial charge in [0.25, 0.3) is 0 Å². The lowest BCUT2D eigenvalue weighted by atomic mass is 10.0. The number of thiazole rings is 1. The number of hydrogen-bond acceptors (Lipinski definition) is 5. The van der Waals surface area contributed by atoms with Gasteiger partial charge >= 0.3 is 5.97 Å². The van der Waals surface area contributed by atoms with E-state index in [-0.39, 0.29) is 24.1 Å². The molecule has 1 aromatic heterocycles. The summed E-state index contributed by atoms with van der Waals surface area (Å²) in [5, 5.41) is 5.21. The van der Waals surface area contributed by atoms with Gasteiger partial charge in [-0.1, -0.05) is 13.8 Å². The molecule has 1 heterocycles. The van der Waals surface area contributed by atoms with Gasteiger partial charge in [0.15, 0.2) is 0 Å². The van der Waals surface area contributed by atoms with Crippen molar-refractivity contribution in [2.75, 3.05) is 7.11 Å². The predicted octanol–water partition coefficient (Wildman–Crippen LogP) is 3.20. The number of hydrogen-bond donors (Lipinski definition) is 1. The number of carbonyl (C=O) groups excluding carboxylic acids is 2. The summed E-state index contributed by atoms with van der Waals surface area (Å²) < 4.78 is 17.7. The number of carbonyl (C=O) groups is 2. The van der Waals surface area contributed by atoms with Crippen LogP contribution in [0.1, 0.15) is 26.0 Å². The molecule has 1 N–H and O–H groups in total. The van der Waals surface area contributed by atoms with Gasteiger partial charge in [-0.05, 0) is 36.6 Å². The Bertz CT molecular complexity index is 728. The summed E-state index contributed by atoms with van der Waals surface area (Å²) in [5.74, 6) is -0.799. The molecule has 0 radical (unpaired) electrons. The Morgan fingerprint density at radius 3 is 2.56 bits per heavy atom. The first kappa shape index (κ1) is 19.1. The molecule has 1 aromatic carbocycles. The number of amides is 1. The summed E-state index contributed by atoms with van der Waals surface area (Å²) in [5.41, 5.74) is 1.40. The van der Waals surface area contributed by atoms with Crippen molar-refractivity contribution in [2.45, 2.75) is 32.7 Å². The normalized spacial score (nSPS) is 12.0. The summed E-state index contributed by atoms with van der Waals surface area (Å²) in [4.78, 5) is 28.4. The molecule has 1 amide bonds. The molecule has 25 heavy (non-hydrogen) atoms. The van der Waals surface area contributed by atoms with Crippen molar-refractivity contribution in [1.29, 1.82) is 0 Å². The van der Waals surface area contributed by atoms with Crippen molar-refractivity contribution in [1.82, 2.24) is 10.3 Å². The number of benzene rings is 1. The molecule has 0 aliphatic rings. The zero-order valence-electron chi connectivity index (χ0n) is 14.4. The van der Waals surface area contributed by atoms with E-state index in [1.165, 1.54) is 30.6 Å². The highest BCUT2D eigenvalue weighted by molar-refractivity contribution is 7.13. The quantitative estimate of drug-likeness (QED) is 0.766. The second-order valence-corrected chi connectivity index (χ2v) is 6.96. The van der Waals surface area contributed by atoms with Gasteiger partial charge in [-0.2, -0.15) is 0 Å². The highest BCUT2D eigenvalue weighted by atomic mass is 32.1. The van der Waals surface area contributed by atoms with Gasteiger partial charge < -0.3 is 10.1 Å². The van der Waals surface area contributed by atoms with Crippen LogP contribution in [0.2, 0.25) is 0 Å². The lowest BCUT2D eigenvalue weighted by Gasteiger charge is -2.18. The van der Waals surface area contributed by atoms with Crippen LogP contribution < -0.4 is 5.32 Å². The number of methoxy groups -OCH3 is 1. The van der Waals surface area contributed by atoms with Crippen LogP contribution >= 0.6 is 11.3 Å². The van der Waals surface area contributed by atoms with Crippen molar-refractivity contribution < 1.29 is 18.7 Å². The van der Waals surface area contributed by atoms with E-state index >= 15 is 0 Å². The largest absolute Gasteiger partial charge is 0.467 e. The highest BCUT2D eigenvalue weighted by Gasteiger charge is 2.23. The third-order valence-corrected chi connectivity index (χ3v) is 4.45. The SMILES string of the molecule is COC(=O)C(CC(C)C)NC(=O)Cc1csc(-c2ccc(F)cc2)n1. The van der Waals surface area contributed by atoms with E-state index < -0.39 is 12.0 Å². The van der Waals surface area contributed by atoms with E-state index in [0.29, 0.717) is 12.1 Å².